The molecule has 2 rings (SSSR count). The molecule has 0 fully saturated rings. The van der Waals surface area contributed by atoms with Crippen molar-refractivity contribution >= 4 is 0 Å². The SMILES string of the molecule is CC.CCc1noc(-c2ccccc2C)n1. The molecule has 86 valence electrons. The molecular weight excluding hydrogens is 200 g/mol. The van der Waals surface area contributed by atoms with E-state index in [1.807, 2.05) is 52.0 Å². The number of benzene rings is 1. The highest BCUT2D eigenvalue weighted by atomic mass is 16.5. The maximum atomic E-state index is 5.16. The van der Waals surface area contributed by atoms with E-state index in [0.717, 1.165) is 23.4 Å². The summed E-state index contributed by atoms with van der Waals surface area (Å²) in [4.78, 5) is 4.28. The lowest BCUT2D eigenvalue weighted by Gasteiger charge is -1.97. The molecule has 0 aliphatic heterocycles. The van der Waals surface area contributed by atoms with Crippen LogP contribution in [0.15, 0.2) is 28.8 Å². The summed E-state index contributed by atoms with van der Waals surface area (Å²) in [6.07, 6.45) is 0.801. The summed E-state index contributed by atoms with van der Waals surface area (Å²) >= 11 is 0. The molecule has 16 heavy (non-hydrogen) atoms. The third-order valence-electron chi connectivity index (χ3n) is 2.16. The zero-order valence-corrected chi connectivity index (χ0v) is 10.3. The standard InChI is InChI=1S/C11H12N2O.C2H6/c1-3-10-12-11(14-13-10)9-7-5-4-6-8(9)2;1-2/h4-7H,3H2,1-2H3;1-2H3. The summed E-state index contributed by atoms with van der Waals surface area (Å²) in [5.41, 5.74) is 2.17. The molecule has 0 radical (unpaired) electrons. The fraction of sp³-hybridized carbons (Fsp3) is 0.385. The van der Waals surface area contributed by atoms with Crippen LogP contribution in [0.5, 0.6) is 0 Å². The third kappa shape index (κ3) is 2.69. The van der Waals surface area contributed by atoms with Crippen molar-refractivity contribution in [1.82, 2.24) is 10.1 Å². The van der Waals surface area contributed by atoms with E-state index < -0.39 is 0 Å². The Morgan fingerprint density at radius 3 is 2.44 bits per heavy atom. The second-order valence-corrected chi connectivity index (χ2v) is 3.18. The van der Waals surface area contributed by atoms with Crippen molar-refractivity contribution in [2.45, 2.75) is 34.1 Å². The molecule has 3 heteroatoms. The van der Waals surface area contributed by atoms with Gasteiger partial charge in [-0.1, -0.05) is 44.1 Å². The van der Waals surface area contributed by atoms with Crippen LogP contribution < -0.4 is 0 Å². The monoisotopic (exact) mass is 218 g/mol. The van der Waals surface area contributed by atoms with Gasteiger partial charge in [0.05, 0.1) is 0 Å². The Bertz CT molecular complexity index is 435. The molecule has 0 aliphatic carbocycles. The number of aryl methyl sites for hydroxylation is 2. The molecule has 0 saturated carbocycles. The molecule has 0 atom stereocenters. The lowest BCUT2D eigenvalue weighted by molar-refractivity contribution is 0.423. The van der Waals surface area contributed by atoms with E-state index in [-0.39, 0.29) is 0 Å². The van der Waals surface area contributed by atoms with Gasteiger partial charge in [0.25, 0.3) is 5.89 Å². The largest absolute Gasteiger partial charge is 0.334 e. The molecule has 0 N–H and O–H groups in total. The first-order valence-electron chi connectivity index (χ1n) is 5.70. The summed E-state index contributed by atoms with van der Waals surface area (Å²) in [5, 5.41) is 3.87. The predicted molar refractivity (Wildman–Crippen MR) is 65.2 cm³/mol. The Labute approximate surface area is 96.5 Å². The van der Waals surface area contributed by atoms with Gasteiger partial charge in [0, 0.05) is 12.0 Å². The van der Waals surface area contributed by atoms with Gasteiger partial charge < -0.3 is 4.52 Å². The zero-order valence-electron chi connectivity index (χ0n) is 10.3. The van der Waals surface area contributed by atoms with Crippen molar-refractivity contribution in [2.24, 2.45) is 0 Å². The van der Waals surface area contributed by atoms with Gasteiger partial charge in [0.1, 0.15) is 0 Å². The summed E-state index contributed by atoms with van der Waals surface area (Å²) in [6.45, 7) is 8.04. The minimum atomic E-state index is 0.611. The minimum Gasteiger partial charge on any atom is -0.334 e. The van der Waals surface area contributed by atoms with Crippen molar-refractivity contribution in [3.63, 3.8) is 0 Å². The van der Waals surface area contributed by atoms with Crippen LogP contribution in [0, 0.1) is 6.92 Å². The minimum absolute atomic E-state index is 0.611. The van der Waals surface area contributed by atoms with Crippen molar-refractivity contribution in [3.8, 4) is 11.5 Å². The van der Waals surface area contributed by atoms with Gasteiger partial charge in [-0.2, -0.15) is 4.98 Å². The van der Waals surface area contributed by atoms with Crippen LogP contribution in [0.3, 0.4) is 0 Å². The number of nitrogens with zero attached hydrogens (tertiary/aromatic N) is 2. The molecule has 0 bridgehead atoms. The van der Waals surface area contributed by atoms with Crippen LogP contribution in [0.2, 0.25) is 0 Å². The second kappa shape index (κ2) is 6.05. The third-order valence-corrected chi connectivity index (χ3v) is 2.16. The lowest BCUT2D eigenvalue weighted by Crippen LogP contribution is -1.84. The highest BCUT2D eigenvalue weighted by molar-refractivity contribution is 5.57. The molecule has 3 nitrogen and oxygen atoms in total. The Hall–Kier alpha value is -1.64. The molecule has 0 saturated heterocycles. The first-order chi connectivity index (χ1) is 7.81. The summed E-state index contributed by atoms with van der Waals surface area (Å²) in [6, 6.07) is 7.99. The van der Waals surface area contributed by atoms with Gasteiger partial charge in [-0.3, -0.25) is 0 Å². The second-order valence-electron chi connectivity index (χ2n) is 3.18. The average Bonchev–Trinajstić information content (AvgIpc) is 2.81. The summed E-state index contributed by atoms with van der Waals surface area (Å²) in [7, 11) is 0. The smallest absolute Gasteiger partial charge is 0.258 e. The fourth-order valence-electron chi connectivity index (χ4n) is 1.32. The Balaban J connectivity index is 0.000000606. The lowest BCUT2D eigenvalue weighted by atomic mass is 10.1. The van der Waals surface area contributed by atoms with Crippen molar-refractivity contribution in [2.75, 3.05) is 0 Å². The predicted octanol–water partition coefficient (Wildman–Crippen LogP) is 3.63. The van der Waals surface area contributed by atoms with Gasteiger partial charge in [-0.15, -0.1) is 0 Å². The van der Waals surface area contributed by atoms with Gasteiger partial charge in [-0.25, -0.2) is 0 Å². The topological polar surface area (TPSA) is 38.9 Å². The van der Waals surface area contributed by atoms with Crippen molar-refractivity contribution in [3.05, 3.63) is 35.7 Å². The Morgan fingerprint density at radius 2 is 1.88 bits per heavy atom. The highest BCUT2D eigenvalue weighted by Gasteiger charge is 2.08. The van der Waals surface area contributed by atoms with Crippen LogP contribution in [-0.4, -0.2) is 10.1 Å². The van der Waals surface area contributed by atoms with E-state index in [4.69, 9.17) is 4.52 Å². The molecule has 1 aromatic heterocycles. The Kier molecular flexibility index (Phi) is 4.70. The molecule has 2 aromatic rings. The van der Waals surface area contributed by atoms with Crippen molar-refractivity contribution in [1.29, 1.82) is 0 Å². The van der Waals surface area contributed by atoms with E-state index in [1.54, 1.807) is 0 Å². The van der Waals surface area contributed by atoms with E-state index >= 15 is 0 Å². The molecule has 0 aliphatic rings. The number of aromatic nitrogens is 2. The molecule has 1 heterocycles. The highest BCUT2D eigenvalue weighted by Crippen LogP contribution is 2.20. The molecule has 0 unspecified atom stereocenters. The normalized spacial score (nSPS) is 9.50. The van der Waals surface area contributed by atoms with Gasteiger partial charge >= 0.3 is 0 Å². The van der Waals surface area contributed by atoms with Gasteiger partial charge in [0.2, 0.25) is 0 Å². The van der Waals surface area contributed by atoms with E-state index in [1.165, 1.54) is 0 Å². The Morgan fingerprint density at radius 1 is 1.19 bits per heavy atom. The molecule has 0 amide bonds. The molecule has 1 aromatic carbocycles. The van der Waals surface area contributed by atoms with Crippen LogP contribution in [0.4, 0.5) is 0 Å². The van der Waals surface area contributed by atoms with Crippen LogP contribution in [0.1, 0.15) is 32.2 Å². The van der Waals surface area contributed by atoms with Crippen LogP contribution >= 0.6 is 0 Å². The maximum Gasteiger partial charge on any atom is 0.258 e. The number of hydrogen-bond donors (Lipinski definition) is 0. The van der Waals surface area contributed by atoms with Crippen LogP contribution in [0.25, 0.3) is 11.5 Å². The first-order valence-corrected chi connectivity index (χ1v) is 5.70. The van der Waals surface area contributed by atoms with Crippen LogP contribution in [-0.2, 0) is 6.42 Å². The van der Waals surface area contributed by atoms with Crippen molar-refractivity contribution < 1.29 is 4.52 Å². The summed E-state index contributed by atoms with van der Waals surface area (Å²) < 4.78 is 5.16. The fourth-order valence-corrected chi connectivity index (χ4v) is 1.32. The maximum absolute atomic E-state index is 5.16. The zero-order chi connectivity index (χ0) is 12.0. The van der Waals surface area contributed by atoms with E-state index in [2.05, 4.69) is 10.1 Å². The average molecular weight is 218 g/mol. The van der Waals surface area contributed by atoms with E-state index in [9.17, 15) is 0 Å². The summed E-state index contributed by atoms with van der Waals surface area (Å²) in [5.74, 6) is 1.36. The quantitative estimate of drug-likeness (QED) is 0.772. The number of rotatable bonds is 2. The van der Waals surface area contributed by atoms with E-state index in [0.29, 0.717) is 5.89 Å². The van der Waals surface area contributed by atoms with Gasteiger partial charge in [0.15, 0.2) is 5.82 Å². The first kappa shape index (κ1) is 12.4. The molecular formula is C13H18N2O. The van der Waals surface area contributed by atoms with Gasteiger partial charge in [-0.05, 0) is 18.6 Å². The molecule has 0 spiro atoms. The number of hydrogen-bond acceptors (Lipinski definition) is 3.